The molecule has 1 unspecified atom stereocenters. The summed E-state index contributed by atoms with van der Waals surface area (Å²) < 4.78 is 10.3. The Kier molecular flexibility index (Phi) is 7.83. The van der Waals surface area contributed by atoms with Gasteiger partial charge in [-0.2, -0.15) is 0 Å². The molecule has 0 spiro atoms. The number of ketones is 1. The number of ether oxygens (including phenoxy) is 2. The second-order valence-corrected chi connectivity index (χ2v) is 7.75. The summed E-state index contributed by atoms with van der Waals surface area (Å²) >= 11 is 6.38. The van der Waals surface area contributed by atoms with Crippen LogP contribution in [0.3, 0.4) is 0 Å². The predicted molar refractivity (Wildman–Crippen MR) is 110 cm³/mol. The minimum Gasteiger partial charge on any atom is -0.424 e. The molecule has 0 heterocycles. The molecule has 1 saturated carbocycles. The number of Topliss-reactive ketones (excluding diaryl/α,β-unsaturated/α-hetero) is 1. The first-order valence-corrected chi connectivity index (χ1v) is 10.2. The number of benzene rings is 1. The zero-order valence-electron chi connectivity index (χ0n) is 17.6. The van der Waals surface area contributed by atoms with E-state index in [1.807, 2.05) is 0 Å². The van der Waals surface area contributed by atoms with Crippen molar-refractivity contribution in [3.63, 3.8) is 0 Å². The second-order valence-electron chi connectivity index (χ2n) is 7.34. The van der Waals surface area contributed by atoms with Crippen molar-refractivity contribution in [1.82, 2.24) is 10.2 Å². The van der Waals surface area contributed by atoms with E-state index in [2.05, 4.69) is 5.32 Å². The summed E-state index contributed by atoms with van der Waals surface area (Å²) in [4.78, 5) is 50.2. The van der Waals surface area contributed by atoms with E-state index in [1.165, 1.54) is 32.7 Å². The van der Waals surface area contributed by atoms with Crippen LogP contribution in [0.4, 0.5) is 4.79 Å². The van der Waals surface area contributed by atoms with Gasteiger partial charge >= 0.3 is 12.1 Å². The van der Waals surface area contributed by atoms with Crippen molar-refractivity contribution in [2.24, 2.45) is 0 Å². The molecular formula is C21H27ClN2O6. The van der Waals surface area contributed by atoms with Crippen LogP contribution in [0.1, 0.15) is 52.0 Å². The fourth-order valence-corrected chi connectivity index (χ4v) is 3.95. The molecule has 30 heavy (non-hydrogen) atoms. The van der Waals surface area contributed by atoms with Gasteiger partial charge in [0.05, 0.1) is 0 Å². The lowest BCUT2D eigenvalue weighted by Gasteiger charge is -2.43. The van der Waals surface area contributed by atoms with E-state index in [1.54, 1.807) is 24.3 Å². The quantitative estimate of drug-likeness (QED) is 0.540. The van der Waals surface area contributed by atoms with Crippen molar-refractivity contribution in [3.8, 4) is 0 Å². The monoisotopic (exact) mass is 438 g/mol. The van der Waals surface area contributed by atoms with Gasteiger partial charge in [-0.1, -0.05) is 29.8 Å². The van der Waals surface area contributed by atoms with Gasteiger partial charge in [0, 0.05) is 37.9 Å². The van der Waals surface area contributed by atoms with Crippen LogP contribution in [0, 0.1) is 0 Å². The summed E-state index contributed by atoms with van der Waals surface area (Å²) in [6.07, 6.45) is 0.177. The maximum absolute atomic E-state index is 13.0. The molecule has 0 aromatic heterocycles. The van der Waals surface area contributed by atoms with Crippen molar-refractivity contribution in [3.05, 3.63) is 34.9 Å². The van der Waals surface area contributed by atoms with E-state index in [9.17, 15) is 19.2 Å². The Morgan fingerprint density at radius 3 is 2.43 bits per heavy atom. The number of hydrogen-bond acceptors (Lipinski definition) is 6. The van der Waals surface area contributed by atoms with Crippen LogP contribution in [0.15, 0.2) is 24.3 Å². The Morgan fingerprint density at radius 2 is 1.83 bits per heavy atom. The first kappa shape index (κ1) is 23.7. The largest absolute Gasteiger partial charge is 0.424 e. The van der Waals surface area contributed by atoms with Crippen LogP contribution in [-0.4, -0.2) is 48.0 Å². The van der Waals surface area contributed by atoms with E-state index >= 15 is 0 Å². The van der Waals surface area contributed by atoms with Gasteiger partial charge in [-0.05, 0) is 32.3 Å². The van der Waals surface area contributed by atoms with Crippen LogP contribution in [-0.2, 0) is 29.4 Å². The van der Waals surface area contributed by atoms with Crippen molar-refractivity contribution in [2.45, 2.75) is 64.3 Å². The molecule has 0 aliphatic heterocycles. The highest BCUT2D eigenvalue weighted by Crippen LogP contribution is 2.42. The molecule has 0 bridgehead atoms. The number of rotatable bonds is 6. The smallest absolute Gasteiger partial charge is 0.413 e. The number of amides is 2. The Hall–Kier alpha value is -2.61. The van der Waals surface area contributed by atoms with Crippen molar-refractivity contribution in [1.29, 1.82) is 0 Å². The highest BCUT2D eigenvalue weighted by atomic mass is 35.5. The van der Waals surface area contributed by atoms with Crippen LogP contribution >= 0.6 is 11.6 Å². The van der Waals surface area contributed by atoms with Gasteiger partial charge in [0.1, 0.15) is 11.6 Å². The summed E-state index contributed by atoms with van der Waals surface area (Å²) in [5.74, 6) is -1.26. The molecule has 8 nitrogen and oxygen atoms in total. The average molecular weight is 439 g/mol. The molecule has 1 N–H and O–H groups in total. The number of esters is 1. The summed E-state index contributed by atoms with van der Waals surface area (Å²) in [7, 11) is 1.48. The Bertz CT molecular complexity index is 829. The average Bonchev–Trinajstić information content (AvgIpc) is 2.67. The van der Waals surface area contributed by atoms with Crippen LogP contribution < -0.4 is 5.32 Å². The third kappa shape index (κ3) is 5.11. The lowest BCUT2D eigenvalue weighted by atomic mass is 9.74. The SMILES string of the molecule is CC(=O)N[C@@H](C)C(=O)OC(C)OC(=O)N(C)[C@]1(c2ccccc2Cl)CCCCC1=O. The highest BCUT2D eigenvalue weighted by Gasteiger charge is 2.48. The number of likely N-dealkylation sites (N-methyl/N-ethyl adjacent to an activating group) is 1. The number of carbonyl (C=O) groups is 4. The minimum absolute atomic E-state index is 0.120. The van der Waals surface area contributed by atoms with Gasteiger partial charge in [-0.15, -0.1) is 0 Å². The fraction of sp³-hybridized carbons (Fsp3) is 0.524. The summed E-state index contributed by atoms with van der Waals surface area (Å²) in [5.41, 5.74) is -0.708. The van der Waals surface area contributed by atoms with Gasteiger partial charge in [0.25, 0.3) is 0 Å². The van der Waals surface area contributed by atoms with Crippen LogP contribution in [0.2, 0.25) is 5.02 Å². The molecule has 1 aromatic rings. The first-order chi connectivity index (χ1) is 14.1. The maximum atomic E-state index is 13.0. The van der Waals surface area contributed by atoms with Gasteiger partial charge in [-0.3, -0.25) is 14.5 Å². The number of carbonyl (C=O) groups excluding carboxylic acids is 4. The molecular weight excluding hydrogens is 412 g/mol. The number of hydrogen-bond donors (Lipinski definition) is 1. The van der Waals surface area contributed by atoms with Gasteiger partial charge < -0.3 is 14.8 Å². The topological polar surface area (TPSA) is 102 Å². The van der Waals surface area contributed by atoms with Crippen LogP contribution in [0.5, 0.6) is 0 Å². The van der Waals surface area contributed by atoms with E-state index in [0.29, 0.717) is 23.4 Å². The van der Waals surface area contributed by atoms with E-state index in [4.69, 9.17) is 21.1 Å². The van der Waals surface area contributed by atoms with Gasteiger partial charge in [-0.25, -0.2) is 9.59 Å². The molecule has 2 rings (SSSR count). The third-order valence-corrected chi connectivity index (χ3v) is 5.47. The van der Waals surface area contributed by atoms with E-state index < -0.39 is 29.9 Å². The summed E-state index contributed by atoms with van der Waals surface area (Å²) in [6.45, 7) is 4.12. The lowest BCUT2D eigenvalue weighted by molar-refractivity contribution is -0.170. The molecule has 0 saturated heterocycles. The second kappa shape index (κ2) is 9.93. The van der Waals surface area contributed by atoms with Crippen molar-refractivity contribution >= 4 is 35.4 Å². The molecule has 164 valence electrons. The van der Waals surface area contributed by atoms with Crippen LogP contribution in [0.25, 0.3) is 0 Å². The fourth-order valence-electron chi connectivity index (χ4n) is 3.66. The standard InChI is InChI=1S/C21H27ClN2O6/c1-13(23-14(2)25)19(27)29-15(3)30-20(28)24(4)21(12-8-7-11-18(21)26)16-9-5-6-10-17(16)22/h5-6,9-10,13,15H,7-8,11-12H2,1-4H3,(H,23,25)/t13-,15?,21-/m0/s1. The zero-order chi connectivity index (χ0) is 22.5. The summed E-state index contributed by atoms with van der Waals surface area (Å²) in [6, 6.07) is 6.03. The normalized spacial score (nSPS) is 20.6. The summed E-state index contributed by atoms with van der Waals surface area (Å²) in [5, 5.41) is 2.78. The maximum Gasteiger partial charge on any atom is 0.413 e. The van der Waals surface area contributed by atoms with Crippen molar-refractivity contribution in [2.75, 3.05) is 7.05 Å². The molecule has 2 amide bonds. The predicted octanol–water partition coefficient (Wildman–Crippen LogP) is 3.16. The molecule has 9 heteroatoms. The highest BCUT2D eigenvalue weighted by molar-refractivity contribution is 6.31. The number of nitrogens with one attached hydrogen (secondary N) is 1. The van der Waals surface area contributed by atoms with Gasteiger partial charge in [0.2, 0.25) is 12.2 Å². The van der Waals surface area contributed by atoms with Gasteiger partial charge in [0.15, 0.2) is 5.78 Å². The minimum atomic E-state index is -1.25. The lowest BCUT2D eigenvalue weighted by Crippen LogP contribution is -2.55. The first-order valence-electron chi connectivity index (χ1n) is 9.80. The molecule has 3 atom stereocenters. The number of halogens is 1. The Balaban J connectivity index is 2.18. The molecule has 1 fully saturated rings. The molecule has 1 aliphatic carbocycles. The third-order valence-electron chi connectivity index (χ3n) is 5.14. The Labute approximate surface area is 180 Å². The van der Waals surface area contributed by atoms with E-state index in [-0.39, 0.29) is 11.7 Å². The number of nitrogens with zero attached hydrogens (tertiary/aromatic N) is 1. The van der Waals surface area contributed by atoms with E-state index in [0.717, 1.165) is 12.8 Å². The molecule has 1 aliphatic rings. The molecule has 1 aromatic carbocycles. The zero-order valence-corrected chi connectivity index (χ0v) is 18.3. The Morgan fingerprint density at radius 1 is 1.17 bits per heavy atom. The molecule has 0 radical (unpaired) electrons. The van der Waals surface area contributed by atoms with Crippen molar-refractivity contribution < 1.29 is 28.7 Å².